The number of nitrogens with zero attached hydrogens (tertiary/aromatic N) is 2. The third-order valence-corrected chi connectivity index (χ3v) is 6.39. The van der Waals surface area contributed by atoms with Crippen molar-refractivity contribution in [1.82, 2.24) is 9.97 Å². The number of hydrogen-bond acceptors (Lipinski definition) is 6. The monoisotopic (exact) mass is 461 g/mol. The van der Waals surface area contributed by atoms with Crippen LogP contribution in [0.2, 0.25) is 10.0 Å². The van der Waals surface area contributed by atoms with Crippen molar-refractivity contribution >= 4 is 72.9 Å². The standard InChI is InChI=1S/C20H13Cl2N3O2S2/c21-13-3-1-11(5-14(13)22)8-19(27)25-20-24-15-4-2-12(7-18(15)29-20)6-17(26)16-9-28-10-23-16/h1-5,7,9-10H,6,8H2,(H,24,25,27). The molecule has 0 aliphatic rings. The minimum Gasteiger partial charge on any atom is -0.302 e. The SMILES string of the molecule is O=C(Cc1ccc(Cl)c(Cl)c1)Nc1nc2ccc(CC(=O)c3cscn3)cc2s1. The van der Waals surface area contributed by atoms with Crippen LogP contribution < -0.4 is 5.32 Å². The van der Waals surface area contributed by atoms with E-state index in [-0.39, 0.29) is 24.5 Å². The summed E-state index contributed by atoms with van der Waals surface area (Å²) >= 11 is 14.7. The number of thiazole rings is 2. The Morgan fingerprint density at radius 2 is 1.79 bits per heavy atom. The molecule has 29 heavy (non-hydrogen) atoms. The Bertz CT molecular complexity index is 1210. The number of ketones is 1. The molecule has 0 aliphatic heterocycles. The highest BCUT2D eigenvalue weighted by Crippen LogP contribution is 2.28. The van der Waals surface area contributed by atoms with Crippen molar-refractivity contribution in [2.75, 3.05) is 5.32 Å². The molecular weight excluding hydrogens is 449 g/mol. The molecule has 2 heterocycles. The molecule has 0 bridgehead atoms. The van der Waals surface area contributed by atoms with E-state index < -0.39 is 0 Å². The molecule has 146 valence electrons. The Morgan fingerprint density at radius 1 is 1.00 bits per heavy atom. The predicted molar refractivity (Wildman–Crippen MR) is 119 cm³/mol. The fourth-order valence-electron chi connectivity index (χ4n) is 2.76. The maximum absolute atomic E-state index is 12.3. The van der Waals surface area contributed by atoms with E-state index in [0.29, 0.717) is 20.9 Å². The maximum Gasteiger partial charge on any atom is 0.230 e. The van der Waals surface area contributed by atoms with Gasteiger partial charge in [-0.25, -0.2) is 9.97 Å². The largest absolute Gasteiger partial charge is 0.302 e. The second-order valence-corrected chi connectivity index (χ2v) is 8.83. The number of anilines is 1. The van der Waals surface area contributed by atoms with Crippen molar-refractivity contribution in [3.05, 3.63) is 74.2 Å². The number of fused-ring (bicyclic) bond motifs is 1. The van der Waals surface area contributed by atoms with Crippen LogP contribution in [0.15, 0.2) is 47.3 Å². The Kier molecular flexibility index (Phi) is 5.91. The fourth-order valence-corrected chi connectivity index (χ4v) is 4.58. The molecule has 9 heteroatoms. The third kappa shape index (κ3) is 4.82. The van der Waals surface area contributed by atoms with Gasteiger partial charge in [-0.1, -0.05) is 46.7 Å². The highest BCUT2D eigenvalue weighted by molar-refractivity contribution is 7.22. The van der Waals surface area contributed by atoms with Crippen LogP contribution >= 0.6 is 45.9 Å². The summed E-state index contributed by atoms with van der Waals surface area (Å²) in [5.74, 6) is -0.216. The van der Waals surface area contributed by atoms with Gasteiger partial charge in [0.15, 0.2) is 10.9 Å². The molecule has 0 aliphatic carbocycles. The van der Waals surface area contributed by atoms with E-state index in [2.05, 4.69) is 15.3 Å². The molecule has 4 rings (SSSR count). The lowest BCUT2D eigenvalue weighted by atomic mass is 10.1. The smallest absolute Gasteiger partial charge is 0.230 e. The van der Waals surface area contributed by atoms with Gasteiger partial charge in [0.1, 0.15) is 5.69 Å². The Hall–Kier alpha value is -2.32. The van der Waals surface area contributed by atoms with Crippen LogP contribution in [-0.2, 0) is 17.6 Å². The first-order chi connectivity index (χ1) is 14.0. The first kappa shape index (κ1) is 20.0. The summed E-state index contributed by atoms with van der Waals surface area (Å²) in [5.41, 5.74) is 4.54. The van der Waals surface area contributed by atoms with Crippen LogP contribution in [0.5, 0.6) is 0 Å². The molecule has 4 aromatic rings. The Balaban J connectivity index is 1.45. The Morgan fingerprint density at radius 3 is 2.55 bits per heavy atom. The van der Waals surface area contributed by atoms with Crippen LogP contribution in [0.1, 0.15) is 21.6 Å². The van der Waals surface area contributed by atoms with Crippen molar-refractivity contribution in [3.8, 4) is 0 Å². The summed E-state index contributed by atoms with van der Waals surface area (Å²) < 4.78 is 0.901. The highest BCUT2D eigenvalue weighted by Gasteiger charge is 2.13. The normalized spacial score (nSPS) is 11.0. The molecule has 0 spiro atoms. The maximum atomic E-state index is 12.3. The molecule has 0 saturated carbocycles. The first-order valence-corrected chi connectivity index (χ1v) is 11.0. The van der Waals surface area contributed by atoms with Crippen LogP contribution in [-0.4, -0.2) is 21.7 Å². The Labute approximate surface area is 184 Å². The van der Waals surface area contributed by atoms with E-state index in [0.717, 1.165) is 21.3 Å². The van der Waals surface area contributed by atoms with Crippen molar-refractivity contribution in [3.63, 3.8) is 0 Å². The second kappa shape index (κ2) is 8.59. The van der Waals surface area contributed by atoms with E-state index >= 15 is 0 Å². The lowest BCUT2D eigenvalue weighted by Gasteiger charge is -2.03. The lowest BCUT2D eigenvalue weighted by Crippen LogP contribution is -2.14. The van der Waals surface area contributed by atoms with Crippen molar-refractivity contribution < 1.29 is 9.59 Å². The average Bonchev–Trinajstić information content (AvgIpc) is 3.34. The van der Waals surface area contributed by atoms with Gasteiger partial charge in [0.05, 0.1) is 32.2 Å². The number of benzene rings is 2. The van der Waals surface area contributed by atoms with Gasteiger partial charge in [-0.15, -0.1) is 11.3 Å². The van der Waals surface area contributed by atoms with E-state index in [1.165, 1.54) is 22.7 Å². The van der Waals surface area contributed by atoms with Gasteiger partial charge < -0.3 is 5.32 Å². The number of rotatable bonds is 6. The van der Waals surface area contributed by atoms with Crippen molar-refractivity contribution in [1.29, 1.82) is 0 Å². The van der Waals surface area contributed by atoms with Crippen molar-refractivity contribution in [2.45, 2.75) is 12.8 Å². The van der Waals surface area contributed by atoms with Gasteiger partial charge >= 0.3 is 0 Å². The van der Waals surface area contributed by atoms with Gasteiger partial charge in [0.25, 0.3) is 0 Å². The van der Waals surface area contributed by atoms with Crippen LogP contribution in [0.25, 0.3) is 10.2 Å². The number of amides is 1. The zero-order valence-electron chi connectivity index (χ0n) is 14.8. The van der Waals surface area contributed by atoms with E-state index in [4.69, 9.17) is 23.2 Å². The van der Waals surface area contributed by atoms with Gasteiger partial charge in [-0.05, 0) is 35.4 Å². The highest BCUT2D eigenvalue weighted by atomic mass is 35.5. The zero-order valence-corrected chi connectivity index (χ0v) is 18.0. The molecule has 0 unspecified atom stereocenters. The summed E-state index contributed by atoms with van der Waals surface area (Å²) in [6.07, 6.45) is 0.441. The molecule has 0 saturated heterocycles. The van der Waals surface area contributed by atoms with Gasteiger partial charge in [0, 0.05) is 11.8 Å². The zero-order chi connectivity index (χ0) is 20.4. The molecule has 1 N–H and O–H groups in total. The molecule has 1 amide bonds. The van der Waals surface area contributed by atoms with Crippen LogP contribution in [0.3, 0.4) is 0 Å². The number of halogens is 2. The molecule has 5 nitrogen and oxygen atoms in total. The quantitative estimate of drug-likeness (QED) is 0.375. The fraction of sp³-hybridized carbons (Fsp3) is 0.100. The number of hydrogen-bond donors (Lipinski definition) is 1. The second-order valence-electron chi connectivity index (χ2n) is 6.27. The molecule has 0 atom stereocenters. The van der Waals surface area contributed by atoms with Crippen molar-refractivity contribution in [2.24, 2.45) is 0 Å². The molecule has 0 radical (unpaired) electrons. The number of Topliss-reactive ketones (excluding diaryl/α,β-unsaturated/α-hetero) is 1. The van der Waals surface area contributed by atoms with Gasteiger partial charge in [-0.2, -0.15) is 0 Å². The average molecular weight is 462 g/mol. The topological polar surface area (TPSA) is 72.0 Å². The summed E-state index contributed by atoms with van der Waals surface area (Å²) in [6, 6.07) is 10.7. The first-order valence-electron chi connectivity index (χ1n) is 8.52. The molecule has 0 fully saturated rings. The minimum atomic E-state index is -0.193. The van der Waals surface area contributed by atoms with E-state index in [9.17, 15) is 9.59 Å². The van der Waals surface area contributed by atoms with E-state index in [1.54, 1.807) is 29.1 Å². The molecule has 2 aromatic heterocycles. The van der Waals surface area contributed by atoms with Crippen LogP contribution in [0, 0.1) is 0 Å². The molecule has 2 aromatic carbocycles. The number of aromatic nitrogens is 2. The lowest BCUT2D eigenvalue weighted by molar-refractivity contribution is -0.115. The summed E-state index contributed by atoms with van der Waals surface area (Å²) in [6.45, 7) is 0. The number of carbonyl (C=O) groups excluding carboxylic acids is 2. The van der Waals surface area contributed by atoms with E-state index in [1.807, 2.05) is 18.2 Å². The van der Waals surface area contributed by atoms with Crippen LogP contribution in [0.4, 0.5) is 5.13 Å². The van der Waals surface area contributed by atoms with Gasteiger partial charge in [-0.3, -0.25) is 9.59 Å². The molecular formula is C20H13Cl2N3O2S2. The third-order valence-electron chi connectivity index (χ3n) is 4.13. The van der Waals surface area contributed by atoms with Gasteiger partial charge in [0.2, 0.25) is 5.91 Å². The number of carbonyl (C=O) groups is 2. The summed E-state index contributed by atoms with van der Waals surface area (Å²) in [7, 11) is 0. The summed E-state index contributed by atoms with van der Waals surface area (Å²) in [4.78, 5) is 33.1. The predicted octanol–water partition coefficient (Wildman–Crippen LogP) is 5.67. The minimum absolute atomic E-state index is 0.0229. The summed E-state index contributed by atoms with van der Waals surface area (Å²) in [5, 5.41) is 5.93. The number of nitrogens with one attached hydrogen (secondary N) is 1.